The van der Waals surface area contributed by atoms with Crippen molar-refractivity contribution in [2.75, 3.05) is 20.2 Å². The fraction of sp³-hybridized carbons (Fsp3) is 0.818. The van der Waals surface area contributed by atoms with Crippen molar-refractivity contribution in [1.82, 2.24) is 10.6 Å². The van der Waals surface area contributed by atoms with Gasteiger partial charge in [0.05, 0.1) is 6.10 Å². The van der Waals surface area contributed by atoms with E-state index in [2.05, 4.69) is 10.6 Å². The molecule has 0 spiro atoms. The number of hydrogen-bond donors (Lipinski definition) is 3. The summed E-state index contributed by atoms with van der Waals surface area (Å²) in [4.78, 5) is 22.9. The van der Waals surface area contributed by atoms with Crippen molar-refractivity contribution >= 4 is 11.8 Å². The highest BCUT2D eigenvalue weighted by molar-refractivity contribution is 6.35. The molecule has 0 heterocycles. The fourth-order valence-corrected chi connectivity index (χ4v) is 2.02. The molecule has 1 fully saturated rings. The van der Waals surface area contributed by atoms with Gasteiger partial charge < -0.3 is 21.1 Å². The Morgan fingerprint density at radius 1 is 1.41 bits per heavy atom. The Kier molecular flexibility index (Phi) is 4.47. The topological polar surface area (TPSA) is 93.4 Å². The van der Waals surface area contributed by atoms with Crippen molar-refractivity contribution in [3.63, 3.8) is 0 Å². The number of nitrogens with one attached hydrogen (secondary N) is 2. The van der Waals surface area contributed by atoms with Crippen LogP contribution in [-0.4, -0.2) is 44.2 Å². The normalized spacial score (nSPS) is 25.9. The highest BCUT2D eigenvalue weighted by Crippen LogP contribution is 2.42. The van der Waals surface area contributed by atoms with Gasteiger partial charge in [-0.1, -0.05) is 13.8 Å². The molecule has 1 saturated carbocycles. The predicted molar refractivity (Wildman–Crippen MR) is 63.2 cm³/mol. The first kappa shape index (κ1) is 13.9. The van der Waals surface area contributed by atoms with E-state index >= 15 is 0 Å². The van der Waals surface area contributed by atoms with Crippen molar-refractivity contribution in [3.05, 3.63) is 0 Å². The molecule has 98 valence electrons. The van der Waals surface area contributed by atoms with Crippen LogP contribution in [0.25, 0.3) is 0 Å². The molecule has 4 N–H and O–H groups in total. The lowest BCUT2D eigenvalue weighted by Crippen LogP contribution is -2.63. The van der Waals surface area contributed by atoms with Gasteiger partial charge in [0.25, 0.3) is 0 Å². The van der Waals surface area contributed by atoms with Crippen molar-refractivity contribution < 1.29 is 14.3 Å². The molecule has 0 aromatic carbocycles. The first-order chi connectivity index (χ1) is 7.93. The van der Waals surface area contributed by atoms with Crippen LogP contribution in [0, 0.1) is 5.41 Å². The molecule has 1 aliphatic carbocycles. The van der Waals surface area contributed by atoms with Gasteiger partial charge in [-0.15, -0.1) is 0 Å². The van der Waals surface area contributed by atoms with E-state index in [0.29, 0.717) is 13.1 Å². The molecule has 0 aromatic rings. The second kappa shape index (κ2) is 5.46. The first-order valence-corrected chi connectivity index (χ1v) is 5.75. The zero-order valence-corrected chi connectivity index (χ0v) is 10.6. The standard InChI is InChI=1S/C11H21N3O3/c1-11(2)7(6-8(11)17-3)14-10(16)9(15)13-5-4-12/h7-8H,4-6,12H2,1-3H3,(H,13,15)(H,14,16). The lowest BCUT2D eigenvalue weighted by Gasteiger charge is -2.51. The Hall–Kier alpha value is -1.14. The number of methoxy groups -OCH3 is 1. The lowest BCUT2D eigenvalue weighted by atomic mass is 9.64. The molecule has 6 nitrogen and oxygen atoms in total. The van der Waals surface area contributed by atoms with E-state index in [0.717, 1.165) is 6.42 Å². The number of rotatable bonds is 4. The summed E-state index contributed by atoms with van der Waals surface area (Å²) in [5.74, 6) is -1.24. The number of carbonyl (C=O) groups is 2. The average Bonchev–Trinajstić information content (AvgIpc) is 2.30. The van der Waals surface area contributed by atoms with E-state index < -0.39 is 11.8 Å². The molecule has 2 unspecified atom stereocenters. The lowest BCUT2D eigenvalue weighted by molar-refractivity contribution is -0.145. The Labute approximate surface area is 101 Å². The number of hydrogen-bond acceptors (Lipinski definition) is 4. The molecule has 1 rings (SSSR count). The van der Waals surface area contributed by atoms with Crippen LogP contribution in [0.3, 0.4) is 0 Å². The van der Waals surface area contributed by atoms with Crippen molar-refractivity contribution in [2.24, 2.45) is 11.1 Å². The SMILES string of the molecule is COC1CC(NC(=O)C(=O)NCCN)C1(C)C. The second-order valence-corrected chi connectivity index (χ2v) is 4.85. The molecular weight excluding hydrogens is 222 g/mol. The highest BCUT2D eigenvalue weighted by Gasteiger charge is 2.49. The third-order valence-corrected chi connectivity index (χ3v) is 3.40. The average molecular weight is 243 g/mol. The molecule has 2 amide bonds. The van der Waals surface area contributed by atoms with E-state index in [4.69, 9.17) is 10.5 Å². The van der Waals surface area contributed by atoms with Crippen LogP contribution in [0.2, 0.25) is 0 Å². The zero-order chi connectivity index (χ0) is 13.1. The van der Waals surface area contributed by atoms with E-state index in [-0.39, 0.29) is 17.6 Å². The summed E-state index contributed by atoms with van der Waals surface area (Å²) < 4.78 is 5.27. The van der Waals surface area contributed by atoms with E-state index in [9.17, 15) is 9.59 Å². The molecule has 0 radical (unpaired) electrons. The minimum atomic E-state index is -0.632. The van der Waals surface area contributed by atoms with Crippen molar-refractivity contribution in [1.29, 1.82) is 0 Å². The Morgan fingerprint density at radius 3 is 2.53 bits per heavy atom. The number of nitrogens with two attached hydrogens (primary N) is 1. The number of carbonyl (C=O) groups excluding carboxylic acids is 2. The van der Waals surface area contributed by atoms with Gasteiger partial charge in [0, 0.05) is 31.7 Å². The predicted octanol–water partition coefficient (Wildman–Crippen LogP) is -1.01. The maximum atomic E-state index is 11.5. The summed E-state index contributed by atoms with van der Waals surface area (Å²) in [6.07, 6.45) is 0.860. The summed E-state index contributed by atoms with van der Waals surface area (Å²) in [6.45, 7) is 4.64. The summed E-state index contributed by atoms with van der Waals surface area (Å²) in [7, 11) is 1.65. The number of ether oxygens (including phenoxy) is 1. The summed E-state index contributed by atoms with van der Waals surface area (Å²) in [6, 6.07) is -0.0245. The largest absolute Gasteiger partial charge is 0.381 e. The van der Waals surface area contributed by atoms with Crippen LogP contribution in [-0.2, 0) is 14.3 Å². The Bertz CT molecular complexity index is 304. The van der Waals surface area contributed by atoms with Crippen LogP contribution >= 0.6 is 0 Å². The van der Waals surface area contributed by atoms with Crippen LogP contribution in [0.1, 0.15) is 20.3 Å². The highest BCUT2D eigenvalue weighted by atomic mass is 16.5. The zero-order valence-electron chi connectivity index (χ0n) is 10.6. The monoisotopic (exact) mass is 243 g/mol. The smallest absolute Gasteiger partial charge is 0.309 e. The Balaban J connectivity index is 2.41. The van der Waals surface area contributed by atoms with Crippen LogP contribution in [0.5, 0.6) is 0 Å². The van der Waals surface area contributed by atoms with Crippen molar-refractivity contribution in [2.45, 2.75) is 32.4 Å². The first-order valence-electron chi connectivity index (χ1n) is 5.75. The van der Waals surface area contributed by atoms with Gasteiger partial charge in [-0.25, -0.2) is 0 Å². The summed E-state index contributed by atoms with van der Waals surface area (Å²) in [5.41, 5.74) is 5.09. The minimum absolute atomic E-state index is 0.0245. The van der Waals surface area contributed by atoms with Crippen LogP contribution in [0.4, 0.5) is 0 Å². The van der Waals surface area contributed by atoms with E-state index in [1.807, 2.05) is 13.8 Å². The van der Waals surface area contributed by atoms with Gasteiger partial charge in [-0.2, -0.15) is 0 Å². The molecule has 17 heavy (non-hydrogen) atoms. The summed E-state index contributed by atoms with van der Waals surface area (Å²) in [5, 5.41) is 5.14. The molecule has 1 aliphatic rings. The Morgan fingerprint density at radius 2 is 2.06 bits per heavy atom. The molecule has 0 bridgehead atoms. The molecule has 0 aromatic heterocycles. The molecule has 0 aliphatic heterocycles. The maximum Gasteiger partial charge on any atom is 0.309 e. The quantitative estimate of drug-likeness (QED) is 0.552. The minimum Gasteiger partial charge on any atom is -0.381 e. The van der Waals surface area contributed by atoms with Gasteiger partial charge in [0.15, 0.2) is 0 Å². The van der Waals surface area contributed by atoms with Crippen molar-refractivity contribution in [3.8, 4) is 0 Å². The fourth-order valence-electron chi connectivity index (χ4n) is 2.02. The third-order valence-electron chi connectivity index (χ3n) is 3.40. The van der Waals surface area contributed by atoms with Gasteiger partial charge in [0.1, 0.15) is 0 Å². The van der Waals surface area contributed by atoms with Gasteiger partial charge >= 0.3 is 11.8 Å². The second-order valence-electron chi connectivity index (χ2n) is 4.85. The van der Waals surface area contributed by atoms with E-state index in [1.165, 1.54) is 0 Å². The van der Waals surface area contributed by atoms with Crippen LogP contribution < -0.4 is 16.4 Å². The van der Waals surface area contributed by atoms with E-state index in [1.54, 1.807) is 7.11 Å². The van der Waals surface area contributed by atoms with Gasteiger partial charge in [-0.05, 0) is 6.42 Å². The van der Waals surface area contributed by atoms with Crippen LogP contribution in [0.15, 0.2) is 0 Å². The number of amides is 2. The van der Waals surface area contributed by atoms with Gasteiger partial charge in [-0.3, -0.25) is 9.59 Å². The molecule has 0 saturated heterocycles. The summed E-state index contributed by atoms with van der Waals surface area (Å²) >= 11 is 0. The molecular formula is C11H21N3O3. The molecule has 2 atom stereocenters. The molecule has 6 heteroatoms. The van der Waals surface area contributed by atoms with Gasteiger partial charge in [0.2, 0.25) is 0 Å². The third kappa shape index (κ3) is 2.95. The maximum absolute atomic E-state index is 11.5.